The molecule has 1 aliphatic heterocycles. The maximum atomic E-state index is 14.5. The van der Waals surface area contributed by atoms with Crippen LogP contribution in [0.4, 0.5) is 4.39 Å². The summed E-state index contributed by atoms with van der Waals surface area (Å²) < 4.78 is 40.2. The van der Waals surface area contributed by atoms with E-state index in [-0.39, 0.29) is 29.0 Å². The summed E-state index contributed by atoms with van der Waals surface area (Å²) >= 11 is 0. The zero-order valence-electron chi connectivity index (χ0n) is 17.6. The lowest BCUT2D eigenvalue weighted by atomic mass is 10.0. The summed E-state index contributed by atoms with van der Waals surface area (Å²) in [6.07, 6.45) is 2.22. The van der Waals surface area contributed by atoms with E-state index in [1.54, 1.807) is 35.9 Å². The standard InChI is InChI=1S/C22H25FN4O3S/c1-3-4-10-24-22(28)17-12-19(16-7-5-6-8-18(16)23)25-21-20(17)14(2)26-27(21)15-9-11-31(29,30)13-15/h5-8,12,15H,3-4,9-11,13H2,1-2H3,(H,24,28). The van der Waals surface area contributed by atoms with Crippen molar-refractivity contribution in [3.05, 3.63) is 47.4 Å². The number of nitrogens with one attached hydrogen (secondary N) is 1. The molecule has 9 heteroatoms. The highest BCUT2D eigenvalue weighted by atomic mass is 32.2. The molecule has 1 saturated heterocycles. The Morgan fingerprint density at radius 1 is 1.32 bits per heavy atom. The molecular formula is C22H25FN4O3S. The molecule has 0 saturated carbocycles. The molecule has 0 aliphatic carbocycles. The second-order valence-corrected chi connectivity index (χ2v) is 10.2. The number of fused-ring (bicyclic) bond motifs is 1. The highest BCUT2D eigenvalue weighted by Crippen LogP contribution is 2.32. The van der Waals surface area contributed by atoms with Crippen LogP contribution in [0.1, 0.15) is 48.3 Å². The Balaban J connectivity index is 1.90. The molecule has 3 heterocycles. The fourth-order valence-electron chi connectivity index (χ4n) is 4.00. The number of aromatic nitrogens is 3. The lowest BCUT2D eigenvalue weighted by molar-refractivity contribution is 0.0954. The summed E-state index contributed by atoms with van der Waals surface area (Å²) in [7, 11) is -3.14. The average molecular weight is 445 g/mol. The van der Waals surface area contributed by atoms with E-state index in [1.807, 2.05) is 6.92 Å². The number of benzene rings is 1. The minimum atomic E-state index is -3.14. The van der Waals surface area contributed by atoms with Gasteiger partial charge in [-0.1, -0.05) is 25.5 Å². The summed E-state index contributed by atoms with van der Waals surface area (Å²) in [4.78, 5) is 17.7. The average Bonchev–Trinajstić information content (AvgIpc) is 3.27. The number of rotatable bonds is 6. The molecular weight excluding hydrogens is 419 g/mol. The summed E-state index contributed by atoms with van der Waals surface area (Å²) in [5.74, 6) is -0.652. The van der Waals surface area contributed by atoms with Crippen molar-refractivity contribution < 1.29 is 17.6 Å². The summed E-state index contributed by atoms with van der Waals surface area (Å²) in [5, 5.41) is 8.03. The number of pyridine rings is 1. The molecule has 1 amide bonds. The molecule has 1 atom stereocenters. The molecule has 3 aromatic rings. The number of hydrogen-bond acceptors (Lipinski definition) is 5. The van der Waals surface area contributed by atoms with Crippen molar-refractivity contribution >= 4 is 26.8 Å². The Morgan fingerprint density at radius 3 is 2.77 bits per heavy atom. The number of nitrogens with zero attached hydrogens (tertiary/aromatic N) is 3. The first-order valence-electron chi connectivity index (χ1n) is 10.4. The fourth-order valence-corrected chi connectivity index (χ4v) is 5.69. The first kappa shape index (κ1) is 21.4. The SMILES string of the molecule is CCCCNC(=O)c1cc(-c2ccccc2F)nc2c1c(C)nn2C1CCS(=O)(=O)C1. The van der Waals surface area contributed by atoms with E-state index in [0.717, 1.165) is 12.8 Å². The van der Waals surface area contributed by atoms with Crippen molar-refractivity contribution in [2.75, 3.05) is 18.1 Å². The largest absolute Gasteiger partial charge is 0.352 e. The highest BCUT2D eigenvalue weighted by Gasteiger charge is 2.32. The summed E-state index contributed by atoms with van der Waals surface area (Å²) in [5.41, 5.74) is 1.95. The maximum absolute atomic E-state index is 14.5. The fraction of sp³-hybridized carbons (Fsp3) is 0.409. The van der Waals surface area contributed by atoms with Gasteiger partial charge in [-0.15, -0.1) is 0 Å². The zero-order chi connectivity index (χ0) is 22.2. The van der Waals surface area contributed by atoms with Gasteiger partial charge < -0.3 is 5.32 Å². The third-order valence-corrected chi connectivity index (χ3v) is 7.35. The number of carbonyl (C=O) groups excluding carboxylic acids is 1. The molecule has 1 fully saturated rings. The van der Waals surface area contributed by atoms with E-state index in [2.05, 4.69) is 15.4 Å². The Labute approximate surface area is 180 Å². The highest BCUT2D eigenvalue weighted by molar-refractivity contribution is 7.91. The van der Waals surface area contributed by atoms with E-state index in [4.69, 9.17) is 0 Å². The van der Waals surface area contributed by atoms with Crippen LogP contribution in [0, 0.1) is 12.7 Å². The van der Waals surface area contributed by atoms with E-state index < -0.39 is 15.7 Å². The molecule has 1 N–H and O–H groups in total. The van der Waals surface area contributed by atoms with Crippen molar-refractivity contribution in [1.82, 2.24) is 20.1 Å². The first-order chi connectivity index (χ1) is 14.8. The van der Waals surface area contributed by atoms with Gasteiger partial charge in [-0.2, -0.15) is 5.10 Å². The Morgan fingerprint density at radius 2 is 2.10 bits per heavy atom. The van der Waals surface area contributed by atoms with Crippen LogP contribution in [-0.4, -0.2) is 47.1 Å². The van der Waals surface area contributed by atoms with E-state index >= 15 is 0 Å². The molecule has 0 radical (unpaired) electrons. The Kier molecular flexibility index (Phi) is 5.79. The van der Waals surface area contributed by atoms with Gasteiger partial charge in [0.05, 0.1) is 39.9 Å². The maximum Gasteiger partial charge on any atom is 0.252 e. The van der Waals surface area contributed by atoms with E-state index in [9.17, 15) is 17.6 Å². The van der Waals surface area contributed by atoms with E-state index in [0.29, 0.717) is 41.0 Å². The Hall–Kier alpha value is -2.81. The number of aryl methyl sites for hydroxylation is 1. The van der Waals surface area contributed by atoms with Crippen LogP contribution in [0.5, 0.6) is 0 Å². The first-order valence-corrected chi connectivity index (χ1v) is 12.3. The van der Waals surface area contributed by atoms with Crippen LogP contribution in [0.25, 0.3) is 22.3 Å². The number of carbonyl (C=O) groups is 1. The van der Waals surface area contributed by atoms with Crippen LogP contribution < -0.4 is 5.32 Å². The van der Waals surface area contributed by atoms with Gasteiger partial charge >= 0.3 is 0 Å². The van der Waals surface area contributed by atoms with Gasteiger partial charge in [0, 0.05) is 12.1 Å². The number of hydrogen-bond donors (Lipinski definition) is 1. The van der Waals surface area contributed by atoms with Gasteiger partial charge in [0.25, 0.3) is 5.91 Å². The van der Waals surface area contributed by atoms with Crippen molar-refractivity contribution in [3.63, 3.8) is 0 Å². The van der Waals surface area contributed by atoms with E-state index in [1.165, 1.54) is 6.07 Å². The van der Waals surface area contributed by atoms with Crippen LogP contribution in [0.3, 0.4) is 0 Å². The monoisotopic (exact) mass is 444 g/mol. The van der Waals surface area contributed by atoms with Crippen LogP contribution >= 0.6 is 0 Å². The lowest BCUT2D eigenvalue weighted by Crippen LogP contribution is -2.25. The Bertz CT molecular complexity index is 1250. The van der Waals surface area contributed by atoms with Gasteiger partial charge in [0.15, 0.2) is 15.5 Å². The predicted molar refractivity (Wildman–Crippen MR) is 117 cm³/mol. The van der Waals surface area contributed by atoms with Gasteiger partial charge in [-0.25, -0.2) is 22.5 Å². The molecule has 31 heavy (non-hydrogen) atoms. The molecule has 0 bridgehead atoms. The third-order valence-electron chi connectivity index (χ3n) is 5.60. The summed E-state index contributed by atoms with van der Waals surface area (Å²) in [6.45, 7) is 4.34. The van der Waals surface area contributed by atoms with Crippen molar-refractivity contribution in [3.8, 4) is 11.3 Å². The minimum absolute atomic E-state index is 0.0210. The van der Waals surface area contributed by atoms with Gasteiger partial charge in [-0.05, 0) is 38.0 Å². The number of sulfone groups is 1. The van der Waals surface area contributed by atoms with Gasteiger partial charge in [0.2, 0.25) is 0 Å². The topological polar surface area (TPSA) is 93.9 Å². The van der Waals surface area contributed by atoms with Crippen LogP contribution in [0.2, 0.25) is 0 Å². The molecule has 1 aliphatic rings. The van der Waals surface area contributed by atoms with Crippen LogP contribution in [-0.2, 0) is 9.84 Å². The smallest absolute Gasteiger partial charge is 0.252 e. The number of halogens is 1. The quantitative estimate of drug-likeness (QED) is 0.588. The molecule has 164 valence electrons. The van der Waals surface area contributed by atoms with Gasteiger partial charge in [0.1, 0.15) is 5.82 Å². The molecule has 0 spiro atoms. The molecule has 1 aromatic carbocycles. The number of amides is 1. The second-order valence-electron chi connectivity index (χ2n) is 7.93. The molecule has 1 unspecified atom stereocenters. The normalized spacial score (nSPS) is 17.8. The number of unbranched alkanes of at least 4 members (excludes halogenated alkanes) is 1. The lowest BCUT2D eigenvalue weighted by Gasteiger charge is -2.12. The minimum Gasteiger partial charge on any atom is -0.352 e. The van der Waals surface area contributed by atoms with Crippen LogP contribution in [0.15, 0.2) is 30.3 Å². The molecule has 4 rings (SSSR count). The predicted octanol–water partition coefficient (Wildman–Crippen LogP) is 3.44. The van der Waals surface area contributed by atoms with Crippen molar-refractivity contribution in [2.45, 2.75) is 39.2 Å². The van der Waals surface area contributed by atoms with Crippen molar-refractivity contribution in [2.24, 2.45) is 0 Å². The summed E-state index contributed by atoms with van der Waals surface area (Å²) in [6, 6.07) is 7.47. The third kappa shape index (κ3) is 4.19. The molecule has 2 aromatic heterocycles. The van der Waals surface area contributed by atoms with Gasteiger partial charge in [-0.3, -0.25) is 4.79 Å². The molecule has 7 nitrogen and oxygen atoms in total. The second kappa shape index (κ2) is 8.37. The van der Waals surface area contributed by atoms with Crippen molar-refractivity contribution in [1.29, 1.82) is 0 Å². The zero-order valence-corrected chi connectivity index (χ0v) is 18.4.